The molecule has 2 aliphatic carbocycles. The molecule has 28 heavy (non-hydrogen) atoms. The van der Waals surface area contributed by atoms with Crippen LogP contribution in [0.2, 0.25) is 0 Å². The number of aromatic nitrogens is 2. The molecule has 6 nitrogen and oxygen atoms in total. The highest BCUT2D eigenvalue weighted by atomic mass is 32.2. The number of fused-ring (bicyclic) bond motifs is 2. The fraction of sp³-hybridized carbons (Fsp3) is 0.550. The van der Waals surface area contributed by atoms with Gasteiger partial charge in [0, 0.05) is 12.8 Å². The van der Waals surface area contributed by atoms with Crippen molar-refractivity contribution in [1.29, 1.82) is 0 Å². The lowest BCUT2D eigenvalue weighted by molar-refractivity contribution is -0.117. The molecule has 0 radical (unpaired) electrons. The fourth-order valence-electron chi connectivity index (χ4n) is 4.53. The minimum atomic E-state index is -3.36. The van der Waals surface area contributed by atoms with E-state index >= 15 is 0 Å². The normalized spacial score (nSPS) is 23.8. The third-order valence-electron chi connectivity index (χ3n) is 6.01. The second-order valence-corrected chi connectivity index (χ2v) is 11.2. The Kier molecular flexibility index (Phi) is 5.51. The smallest absolute Gasteiger partial charge is 0.226 e. The van der Waals surface area contributed by atoms with Crippen LogP contribution in [0.3, 0.4) is 0 Å². The van der Waals surface area contributed by atoms with Crippen LogP contribution >= 0.6 is 11.3 Å². The number of nitrogens with one attached hydrogen (secondary N) is 1. The van der Waals surface area contributed by atoms with E-state index in [9.17, 15) is 13.2 Å². The minimum Gasteiger partial charge on any atom is -0.301 e. The number of carbonyl (C=O) groups is 1. The predicted octanol–water partition coefficient (Wildman–Crippen LogP) is 3.63. The maximum atomic E-state index is 12.4. The van der Waals surface area contributed by atoms with Crippen molar-refractivity contribution < 1.29 is 13.2 Å². The van der Waals surface area contributed by atoms with Gasteiger partial charge in [-0.15, -0.1) is 10.2 Å². The lowest BCUT2D eigenvalue weighted by Crippen LogP contribution is -2.20. The van der Waals surface area contributed by atoms with Crippen molar-refractivity contribution in [1.82, 2.24) is 10.2 Å². The van der Waals surface area contributed by atoms with Gasteiger partial charge < -0.3 is 5.32 Å². The molecule has 0 saturated heterocycles. The van der Waals surface area contributed by atoms with Crippen molar-refractivity contribution in [3.8, 4) is 0 Å². The van der Waals surface area contributed by atoms with Crippen LogP contribution < -0.4 is 5.32 Å². The van der Waals surface area contributed by atoms with Crippen molar-refractivity contribution in [3.63, 3.8) is 0 Å². The number of hydrogen-bond acceptors (Lipinski definition) is 6. The Balaban J connectivity index is 1.29. The summed E-state index contributed by atoms with van der Waals surface area (Å²) in [5, 5.41) is 12.0. The molecule has 1 aromatic heterocycles. The highest BCUT2D eigenvalue weighted by molar-refractivity contribution is 7.91. The molecule has 2 fully saturated rings. The average Bonchev–Trinajstić information content (AvgIpc) is 3.37. The van der Waals surface area contributed by atoms with E-state index < -0.39 is 9.84 Å². The van der Waals surface area contributed by atoms with Gasteiger partial charge >= 0.3 is 0 Å². The monoisotopic (exact) mass is 419 g/mol. The number of aryl methyl sites for hydroxylation is 2. The number of carbonyl (C=O) groups excluding carboxylic acids is 1. The van der Waals surface area contributed by atoms with Gasteiger partial charge in [0.25, 0.3) is 0 Å². The van der Waals surface area contributed by atoms with Gasteiger partial charge in [0.15, 0.2) is 9.84 Å². The summed E-state index contributed by atoms with van der Waals surface area (Å²) >= 11 is 1.25. The molecule has 2 aliphatic rings. The SMILES string of the molecule is Cc1ccc(S(=O)(=O)CCc2nnc(NC(=O)C[C@@H]3C[C@@H]4CC[C@@H]3C4)s2)cc1. The largest absolute Gasteiger partial charge is 0.301 e. The summed E-state index contributed by atoms with van der Waals surface area (Å²) in [6.07, 6.45) is 5.90. The van der Waals surface area contributed by atoms with E-state index in [1.165, 1.54) is 37.0 Å². The summed E-state index contributed by atoms with van der Waals surface area (Å²) in [6, 6.07) is 6.85. The predicted molar refractivity (Wildman–Crippen MR) is 109 cm³/mol. The van der Waals surface area contributed by atoms with Gasteiger partial charge in [-0.05, 0) is 56.1 Å². The number of hydrogen-bond donors (Lipinski definition) is 1. The highest BCUT2D eigenvalue weighted by Gasteiger charge is 2.40. The van der Waals surface area contributed by atoms with Gasteiger partial charge in [-0.3, -0.25) is 4.79 Å². The molecule has 150 valence electrons. The Morgan fingerprint density at radius 2 is 1.96 bits per heavy atom. The van der Waals surface area contributed by atoms with Crippen LogP contribution in [-0.4, -0.2) is 30.3 Å². The van der Waals surface area contributed by atoms with Crippen molar-refractivity contribution in [2.75, 3.05) is 11.1 Å². The molecule has 0 aliphatic heterocycles. The highest BCUT2D eigenvalue weighted by Crippen LogP contribution is 2.49. The average molecular weight is 420 g/mol. The summed E-state index contributed by atoms with van der Waals surface area (Å²) in [7, 11) is -3.36. The summed E-state index contributed by atoms with van der Waals surface area (Å²) in [5.41, 5.74) is 1.02. The lowest BCUT2D eigenvalue weighted by atomic mass is 9.86. The first-order chi connectivity index (χ1) is 13.4. The minimum absolute atomic E-state index is 0.00692. The van der Waals surface area contributed by atoms with Gasteiger partial charge in [0.05, 0.1) is 10.6 Å². The van der Waals surface area contributed by atoms with E-state index in [0.29, 0.717) is 33.3 Å². The number of sulfone groups is 1. The quantitative estimate of drug-likeness (QED) is 0.740. The first-order valence-corrected chi connectivity index (χ1v) is 12.3. The fourth-order valence-corrected chi connectivity index (χ4v) is 6.66. The first-order valence-electron chi connectivity index (χ1n) is 9.81. The van der Waals surface area contributed by atoms with Gasteiger partial charge in [-0.2, -0.15) is 0 Å². The van der Waals surface area contributed by atoms with E-state index in [4.69, 9.17) is 0 Å². The Morgan fingerprint density at radius 1 is 1.18 bits per heavy atom. The Morgan fingerprint density at radius 3 is 2.64 bits per heavy atom. The van der Waals surface area contributed by atoms with Crippen LogP contribution in [0.5, 0.6) is 0 Å². The molecule has 0 spiro atoms. The molecule has 4 rings (SSSR count). The molecule has 2 saturated carbocycles. The summed E-state index contributed by atoms with van der Waals surface area (Å²) in [4.78, 5) is 12.6. The number of rotatable bonds is 7. The first kappa shape index (κ1) is 19.5. The van der Waals surface area contributed by atoms with Crippen LogP contribution in [0.1, 0.15) is 42.7 Å². The zero-order valence-corrected chi connectivity index (χ0v) is 17.6. The standard InChI is InChI=1S/C20H25N3O3S2/c1-13-2-6-17(7-3-13)28(25,26)9-8-19-22-23-20(27-19)21-18(24)12-16-11-14-4-5-15(16)10-14/h2-3,6-7,14-16H,4-5,8-12H2,1H3,(H,21,23,24)/t14-,15-,16+/m1/s1. The molecular weight excluding hydrogens is 394 g/mol. The molecule has 8 heteroatoms. The van der Waals surface area contributed by atoms with Crippen molar-refractivity contribution in [3.05, 3.63) is 34.8 Å². The van der Waals surface area contributed by atoms with Crippen molar-refractivity contribution in [2.24, 2.45) is 17.8 Å². The van der Waals surface area contributed by atoms with E-state index in [1.54, 1.807) is 24.3 Å². The Labute approximate surface area is 169 Å². The van der Waals surface area contributed by atoms with Crippen LogP contribution in [0.15, 0.2) is 29.2 Å². The van der Waals surface area contributed by atoms with E-state index in [0.717, 1.165) is 11.5 Å². The molecule has 2 bridgehead atoms. The van der Waals surface area contributed by atoms with Crippen molar-refractivity contribution in [2.45, 2.75) is 50.3 Å². The van der Waals surface area contributed by atoms with Crippen LogP contribution in [0, 0.1) is 24.7 Å². The van der Waals surface area contributed by atoms with E-state index in [2.05, 4.69) is 15.5 Å². The Hall–Kier alpha value is -1.80. The zero-order valence-electron chi connectivity index (χ0n) is 15.9. The summed E-state index contributed by atoms with van der Waals surface area (Å²) in [6.45, 7) is 1.92. The van der Waals surface area contributed by atoms with Gasteiger partial charge in [0.2, 0.25) is 11.0 Å². The molecule has 2 aromatic rings. The van der Waals surface area contributed by atoms with Crippen LogP contribution in [0.4, 0.5) is 5.13 Å². The lowest BCUT2D eigenvalue weighted by Gasteiger charge is -2.20. The number of anilines is 1. The number of benzene rings is 1. The van der Waals surface area contributed by atoms with Gasteiger partial charge in [0.1, 0.15) is 5.01 Å². The van der Waals surface area contributed by atoms with Crippen molar-refractivity contribution >= 4 is 32.2 Å². The molecule has 0 unspecified atom stereocenters. The third kappa shape index (κ3) is 4.43. The number of amides is 1. The molecule has 1 heterocycles. The van der Waals surface area contributed by atoms with E-state index in [1.807, 2.05) is 6.92 Å². The maximum absolute atomic E-state index is 12.4. The molecule has 1 N–H and O–H groups in total. The third-order valence-corrected chi connectivity index (χ3v) is 8.64. The maximum Gasteiger partial charge on any atom is 0.226 e. The molecule has 3 atom stereocenters. The molecular formula is C20H25N3O3S2. The van der Waals surface area contributed by atoms with Gasteiger partial charge in [-0.25, -0.2) is 8.42 Å². The van der Waals surface area contributed by atoms with E-state index in [-0.39, 0.29) is 18.1 Å². The number of nitrogens with zero attached hydrogens (tertiary/aromatic N) is 2. The van der Waals surface area contributed by atoms with Gasteiger partial charge in [-0.1, -0.05) is 35.5 Å². The Bertz CT molecular complexity index is 953. The molecule has 1 amide bonds. The molecule has 1 aromatic carbocycles. The van der Waals surface area contributed by atoms with Crippen LogP contribution in [-0.2, 0) is 21.1 Å². The second-order valence-electron chi connectivity index (χ2n) is 8.07. The summed E-state index contributed by atoms with van der Waals surface area (Å²) < 4.78 is 24.9. The zero-order chi connectivity index (χ0) is 19.7. The second kappa shape index (κ2) is 7.91. The summed E-state index contributed by atoms with van der Waals surface area (Å²) in [5.74, 6) is 2.02. The topological polar surface area (TPSA) is 89.0 Å². The van der Waals surface area contributed by atoms with Crippen LogP contribution in [0.25, 0.3) is 0 Å².